The van der Waals surface area contributed by atoms with Crippen molar-refractivity contribution in [1.82, 2.24) is 0 Å². The van der Waals surface area contributed by atoms with Crippen LogP contribution in [0.1, 0.15) is 25.3 Å². The fourth-order valence-corrected chi connectivity index (χ4v) is 2.75. The molecule has 0 amide bonds. The maximum atomic E-state index is 6.02. The van der Waals surface area contributed by atoms with Gasteiger partial charge in [-0.2, -0.15) is 0 Å². The molecule has 1 aliphatic heterocycles. The molecule has 1 fully saturated rings. The van der Waals surface area contributed by atoms with Crippen molar-refractivity contribution in [1.29, 1.82) is 0 Å². The summed E-state index contributed by atoms with van der Waals surface area (Å²) in [5.41, 5.74) is 7.67. The third-order valence-electron chi connectivity index (χ3n) is 3.39. The highest BCUT2D eigenvalue weighted by Crippen LogP contribution is 2.26. The minimum absolute atomic E-state index is 0.301. The number of likely N-dealkylation sites (N-methyl/N-ethyl adjacent to an activating group) is 1. The van der Waals surface area contributed by atoms with Gasteiger partial charge >= 0.3 is 0 Å². The number of thiocarbonyl (C=S) groups is 1. The molecule has 5 heteroatoms. The van der Waals surface area contributed by atoms with Gasteiger partial charge in [-0.3, -0.25) is 0 Å². The first-order valence-corrected chi connectivity index (χ1v) is 7.36. The summed E-state index contributed by atoms with van der Waals surface area (Å²) >= 11 is 11.1. The normalized spacial score (nSPS) is 18.5. The first kappa shape index (κ1) is 14.6. The fourth-order valence-electron chi connectivity index (χ4n) is 2.41. The van der Waals surface area contributed by atoms with Crippen LogP contribution in [0.25, 0.3) is 0 Å². The molecule has 1 heterocycles. The summed E-state index contributed by atoms with van der Waals surface area (Å²) in [7, 11) is 0. The maximum absolute atomic E-state index is 6.02. The highest BCUT2D eigenvalue weighted by molar-refractivity contribution is 7.80. The Balaban J connectivity index is 2.23. The molecular weight excluding hydrogens is 280 g/mol. The van der Waals surface area contributed by atoms with Crippen molar-refractivity contribution >= 4 is 34.5 Å². The third-order valence-corrected chi connectivity index (χ3v) is 3.85. The lowest BCUT2D eigenvalue weighted by Gasteiger charge is -2.28. The lowest BCUT2D eigenvalue weighted by Crippen LogP contribution is -2.33. The first-order chi connectivity index (χ1) is 9.11. The molecule has 1 saturated heterocycles. The average molecular weight is 299 g/mol. The predicted molar refractivity (Wildman–Crippen MR) is 84.2 cm³/mol. The Morgan fingerprint density at radius 3 is 2.95 bits per heavy atom. The summed E-state index contributed by atoms with van der Waals surface area (Å²) in [4.78, 5) is 2.63. The van der Waals surface area contributed by atoms with Crippen molar-refractivity contribution in [3.05, 3.63) is 28.8 Å². The SMILES string of the molecule is CCN(CC1CCCO1)c1ccc(Cl)cc1C(N)=S. The third kappa shape index (κ3) is 3.59. The van der Waals surface area contributed by atoms with Gasteiger partial charge in [-0.05, 0) is 38.0 Å². The van der Waals surface area contributed by atoms with Gasteiger partial charge in [0.25, 0.3) is 0 Å². The number of hydrogen-bond acceptors (Lipinski definition) is 3. The van der Waals surface area contributed by atoms with Crippen molar-refractivity contribution in [2.75, 3.05) is 24.6 Å². The van der Waals surface area contributed by atoms with E-state index in [1.54, 1.807) is 0 Å². The van der Waals surface area contributed by atoms with E-state index in [1.807, 2.05) is 18.2 Å². The minimum Gasteiger partial charge on any atom is -0.389 e. The van der Waals surface area contributed by atoms with Crippen LogP contribution in [0.3, 0.4) is 0 Å². The van der Waals surface area contributed by atoms with Crippen LogP contribution in [0.5, 0.6) is 0 Å². The Bertz CT molecular complexity index is 461. The zero-order valence-electron chi connectivity index (χ0n) is 11.1. The molecule has 0 aromatic heterocycles. The maximum Gasteiger partial charge on any atom is 0.106 e. The molecule has 0 radical (unpaired) electrons. The van der Waals surface area contributed by atoms with Crippen LogP contribution in [0, 0.1) is 0 Å². The van der Waals surface area contributed by atoms with Gasteiger partial charge < -0.3 is 15.4 Å². The van der Waals surface area contributed by atoms with Gasteiger partial charge in [0.05, 0.1) is 6.10 Å². The van der Waals surface area contributed by atoms with Gasteiger partial charge in [0.1, 0.15) is 4.99 Å². The van der Waals surface area contributed by atoms with Crippen molar-refractivity contribution in [2.24, 2.45) is 5.73 Å². The van der Waals surface area contributed by atoms with Crippen LogP contribution in [-0.2, 0) is 4.74 Å². The zero-order valence-corrected chi connectivity index (χ0v) is 12.6. The number of benzene rings is 1. The Hall–Kier alpha value is -0.840. The van der Waals surface area contributed by atoms with Crippen LogP contribution in [-0.4, -0.2) is 30.8 Å². The topological polar surface area (TPSA) is 38.5 Å². The van der Waals surface area contributed by atoms with Crippen molar-refractivity contribution in [3.63, 3.8) is 0 Å². The van der Waals surface area contributed by atoms with Crippen LogP contribution in [0.15, 0.2) is 18.2 Å². The molecule has 2 rings (SSSR count). The minimum atomic E-state index is 0.301. The van der Waals surface area contributed by atoms with E-state index in [9.17, 15) is 0 Å². The summed E-state index contributed by atoms with van der Waals surface area (Å²) in [6, 6.07) is 5.68. The summed E-state index contributed by atoms with van der Waals surface area (Å²) in [5.74, 6) is 0. The molecule has 1 unspecified atom stereocenters. The van der Waals surface area contributed by atoms with Gasteiger partial charge in [0, 0.05) is 36.0 Å². The molecule has 0 aliphatic carbocycles. The second kappa shape index (κ2) is 6.55. The lowest BCUT2D eigenvalue weighted by molar-refractivity contribution is 0.115. The van der Waals surface area contributed by atoms with Crippen LogP contribution >= 0.6 is 23.8 Å². The van der Waals surface area contributed by atoms with Crippen molar-refractivity contribution < 1.29 is 4.74 Å². The highest BCUT2D eigenvalue weighted by atomic mass is 35.5. The molecule has 0 bridgehead atoms. The molecule has 104 valence electrons. The van der Waals surface area contributed by atoms with E-state index in [0.29, 0.717) is 16.1 Å². The molecule has 19 heavy (non-hydrogen) atoms. The Kier molecular flexibility index (Phi) is 5.02. The number of hydrogen-bond donors (Lipinski definition) is 1. The standard InChI is InChI=1S/C14H19ClN2OS/c1-2-17(9-11-4-3-7-18-11)13-6-5-10(15)8-12(13)14(16)19/h5-6,8,11H,2-4,7,9H2,1H3,(H2,16,19). The van der Waals surface area contributed by atoms with Gasteiger partial charge in [0.2, 0.25) is 0 Å². The van der Waals surface area contributed by atoms with E-state index in [0.717, 1.165) is 43.8 Å². The lowest BCUT2D eigenvalue weighted by atomic mass is 10.1. The second-order valence-corrected chi connectivity index (χ2v) is 5.58. The fraction of sp³-hybridized carbons (Fsp3) is 0.500. The average Bonchev–Trinajstić information content (AvgIpc) is 2.89. The molecule has 0 saturated carbocycles. The molecule has 3 nitrogen and oxygen atoms in total. The Morgan fingerprint density at radius 2 is 2.37 bits per heavy atom. The highest BCUT2D eigenvalue weighted by Gasteiger charge is 2.20. The molecule has 2 N–H and O–H groups in total. The van der Waals surface area contributed by atoms with E-state index in [2.05, 4.69) is 11.8 Å². The summed E-state index contributed by atoms with van der Waals surface area (Å²) in [6.45, 7) is 4.74. The van der Waals surface area contributed by atoms with E-state index in [1.165, 1.54) is 0 Å². The van der Waals surface area contributed by atoms with Gasteiger partial charge in [-0.25, -0.2) is 0 Å². The predicted octanol–water partition coefficient (Wildman–Crippen LogP) is 2.98. The van der Waals surface area contributed by atoms with Gasteiger partial charge in [-0.15, -0.1) is 0 Å². The first-order valence-electron chi connectivity index (χ1n) is 6.57. The molecule has 1 aliphatic rings. The second-order valence-electron chi connectivity index (χ2n) is 4.70. The van der Waals surface area contributed by atoms with Crippen molar-refractivity contribution in [2.45, 2.75) is 25.9 Å². The molecule has 0 spiro atoms. The Labute approximate surface area is 124 Å². The molecular formula is C14H19ClN2OS. The summed E-state index contributed by atoms with van der Waals surface area (Å²) in [6.07, 6.45) is 2.56. The number of rotatable bonds is 5. The largest absolute Gasteiger partial charge is 0.389 e. The Morgan fingerprint density at radius 1 is 1.58 bits per heavy atom. The van der Waals surface area contributed by atoms with Crippen LogP contribution in [0.2, 0.25) is 5.02 Å². The summed E-state index contributed by atoms with van der Waals surface area (Å²) < 4.78 is 5.70. The number of halogens is 1. The number of nitrogens with two attached hydrogens (primary N) is 1. The van der Waals surface area contributed by atoms with E-state index in [4.69, 9.17) is 34.3 Å². The van der Waals surface area contributed by atoms with E-state index >= 15 is 0 Å². The number of ether oxygens (including phenoxy) is 1. The van der Waals surface area contributed by atoms with E-state index < -0.39 is 0 Å². The van der Waals surface area contributed by atoms with Crippen LogP contribution < -0.4 is 10.6 Å². The molecule has 1 atom stereocenters. The number of nitrogens with zero attached hydrogens (tertiary/aromatic N) is 1. The number of anilines is 1. The monoisotopic (exact) mass is 298 g/mol. The van der Waals surface area contributed by atoms with Crippen LogP contribution in [0.4, 0.5) is 5.69 Å². The van der Waals surface area contributed by atoms with Gasteiger partial charge in [0.15, 0.2) is 0 Å². The zero-order chi connectivity index (χ0) is 13.8. The van der Waals surface area contributed by atoms with Gasteiger partial charge in [-0.1, -0.05) is 23.8 Å². The van der Waals surface area contributed by atoms with E-state index in [-0.39, 0.29) is 0 Å². The van der Waals surface area contributed by atoms with Crippen molar-refractivity contribution in [3.8, 4) is 0 Å². The molecule has 1 aromatic carbocycles. The molecule has 1 aromatic rings. The quantitative estimate of drug-likeness (QED) is 0.848. The smallest absolute Gasteiger partial charge is 0.106 e. The summed E-state index contributed by atoms with van der Waals surface area (Å²) in [5, 5.41) is 0.653.